The molecule has 1 aliphatic rings. The Morgan fingerprint density at radius 1 is 1.26 bits per heavy atom. The molecule has 3 rings (SSSR count). The molecule has 1 saturated heterocycles. The van der Waals surface area contributed by atoms with Crippen LogP contribution in [0.5, 0.6) is 0 Å². The summed E-state index contributed by atoms with van der Waals surface area (Å²) in [4.78, 5) is 29.1. The number of benzene rings is 1. The third-order valence-electron chi connectivity index (χ3n) is 4.25. The Bertz CT molecular complexity index is 770. The summed E-state index contributed by atoms with van der Waals surface area (Å²) in [5.74, 6) is -0.335. The Morgan fingerprint density at radius 2 is 2.09 bits per heavy atom. The summed E-state index contributed by atoms with van der Waals surface area (Å²) in [6, 6.07) is 7.37. The summed E-state index contributed by atoms with van der Waals surface area (Å²) < 4.78 is 0. The molecule has 1 atom stereocenters. The summed E-state index contributed by atoms with van der Waals surface area (Å²) in [6.45, 7) is 4.51. The highest BCUT2D eigenvalue weighted by Crippen LogP contribution is 2.18. The highest BCUT2D eigenvalue weighted by atomic mass is 16.2. The second-order valence-corrected chi connectivity index (χ2v) is 6.13. The molecule has 0 radical (unpaired) electrons. The standard InChI is InChI=1S/C18H21N3O2/c1-11-6-7-15-13(9-11)10-14(12(2)20-15)17(22)21-16-5-3-4-8-19-18(16)23/h6-7,9-10,16H,3-5,8H2,1-2H3,(H,19,23)(H,21,22). The van der Waals surface area contributed by atoms with E-state index in [4.69, 9.17) is 0 Å². The number of aromatic nitrogens is 1. The number of aryl methyl sites for hydroxylation is 2. The summed E-state index contributed by atoms with van der Waals surface area (Å²) in [6.07, 6.45) is 2.56. The molecule has 0 spiro atoms. The van der Waals surface area contributed by atoms with Gasteiger partial charge in [-0.2, -0.15) is 0 Å². The van der Waals surface area contributed by atoms with Crippen molar-refractivity contribution in [2.24, 2.45) is 0 Å². The van der Waals surface area contributed by atoms with Gasteiger partial charge in [0.2, 0.25) is 5.91 Å². The fraction of sp³-hybridized carbons (Fsp3) is 0.389. The molecule has 5 nitrogen and oxygen atoms in total. The normalized spacial score (nSPS) is 18.3. The van der Waals surface area contributed by atoms with Crippen LogP contribution in [-0.2, 0) is 4.79 Å². The van der Waals surface area contributed by atoms with Gasteiger partial charge in [0.1, 0.15) is 6.04 Å². The number of fused-ring (bicyclic) bond motifs is 1. The number of hydrogen-bond acceptors (Lipinski definition) is 3. The lowest BCUT2D eigenvalue weighted by atomic mass is 10.1. The molecule has 23 heavy (non-hydrogen) atoms. The molecule has 2 amide bonds. The second kappa shape index (κ2) is 6.36. The number of nitrogens with one attached hydrogen (secondary N) is 2. The van der Waals surface area contributed by atoms with Crippen molar-refractivity contribution < 1.29 is 9.59 Å². The highest BCUT2D eigenvalue weighted by Gasteiger charge is 2.23. The molecule has 2 heterocycles. The van der Waals surface area contributed by atoms with Gasteiger partial charge >= 0.3 is 0 Å². The first-order valence-electron chi connectivity index (χ1n) is 8.01. The van der Waals surface area contributed by atoms with Crippen LogP contribution in [-0.4, -0.2) is 29.4 Å². The second-order valence-electron chi connectivity index (χ2n) is 6.13. The van der Waals surface area contributed by atoms with Crippen molar-refractivity contribution in [2.75, 3.05) is 6.54 Å². The average molecular weight is 311 g/mol. The lowest BCUT2D eigenvalue weighted by Gasteiger charge is -2.16. The summed E-state index contributed by atoms with van der Waals surface area (Å²) in [5.41, 5.74) is 3.20. The molecule has 0 aliphatic carbocycles. The van der Waals surface area contributed by atoms with Crippen molar-refractivity contribution in [3.05, 3.63) is 41.1 Å². The number of nitrogens with zero attached hydrogens (tertiary/aromatic N) is 1. The predicted octanol–water partition coefficient (Wildman–Crippen LogP) is 2.25. The van der Waals surface area contributed by atoms with Gasteiger partial charge in [0.05, 0.1) is 16.8 Å². The van der Waals surface area contributed by atoms with E-state index in [0.717, 1.165) is 29.3 Å². The van der Waals surface area contributed by atoms with Crippen molar-refractivity contribution in [2.45, 2.75) is 39.2 Å². The van der Waals surface area contributed by atoms with Crippen LogP contribution >= 0.6 is 0 Å². The van der Waals surface area contributed by atoms with E-state index in [-0.39, 0.29) is 11.8 Å². The number of pyridine rings is 1. The van der Waals surface area contributed by atoms with Gasteiger partial charge in [-0.3, -0.25) is 14.6 Å². The molecule has 1 unspecified atom stereocenters. The Morgan fingerprint density at radius 3 is 2.91 bits per heavy atom. The first kappa shape index (κ1) is 15.5. The summed E-state index contributed by atoms with van der Waals surface area (Å²) in [5, 5.41) is 6.62. The van der Waals surface area contributed by atoms with Crippen molar-refractivity contribution in [1.82, 2.24) is 15.6 Å². The van der Waals surface area contributed by atoms with Gasteiger partial charge in [0.15, 0.2) is 0 Å². The van der Waals surface area contributed by atoms with E-state index in [1.165, 1.54) is 0 Å². The Kier molecular flexibility index (Phi) is 4.28. The van der Waals surface area contributed by atoms with E-state index in [0.29, 0.717) is 24.2 Å². The molecular formula is C18H21N3O2. The highest BCUT2D eigenvalue weighted by molar-refractivity contribution is 6.00. The molecule has 5 heteroatoms. The minimum absolute atomic E-state index is 0.0990. The number of hydrogen-bond donors (Lipinski definition) is 2. The lowest BCUT2D eigenvalue weighted by molar-refractivity contribution is -0.122. The molecular weight excluding hydrogens is 290 g/mol. The molecule has 2 N–H and O–H groups in total. The molecule has 1 aliphatic heterocycles. The van der Waals surface area contributed by atoms with E-state index in [9.17, 15) is 9.59 Å². The van der Waals surface area contributed by atoms with Crippen LogP contribution in [0.15, 0.2) is 24.3 Å². The van der Waals surface area contributed by atoms with Gasteiger partial charge in [0.25, 0.3) is 5.91 Å². The smallest absolute Gasteiger partial charge is 0.253 e. The summed E-state index contributed by atoms with van der Waals surface area (Å²) in [7, 11) is 0. The zero-order valence-corrected chi connectivity index (χ0v) is 13.5. The van der Waals surface area contributed by atoms with Gasteiger partial charge in [-0.1, -0.05) is 11.6 Å². The molecule has 2 aromatic rings. The SMILES string of the molecule is Cc1ccc2nc(C)c(C(=O)NC3CCCCNC3=O)cc2c1. The van der Waals surface area contributed by atoms with Gasteiger partial charge < -0.3 is 10.6 Å². The Balaban J connectivity index is 1.87. The lowest BCUT2D eigenvalue weighted by Crippen LogP contribution is -2.45. The molecule has 1 aromatic carbocycles. The first-order valence-corrected chi connectivity index (χ1v) is 8.01. The van der Waals surface area contributed by atoms with Crippen LogP contribution < -0.4 is 10.6 Å². The third-order valence-corrected chi connectivity index (χ3v) is 4.25. The maximum Gasteiger partial charge on any atom is 0.253 e. The number of carbonyl (C=O) groups is 2. The zero-order chi connectivity index (χ0) is 16.4. The Labute approximate surface area is 135 Å². The number of carbonyl (C=O) groups excluding carboxylic acids is 2. The minimum atomic E-state index is -0.461. The van der Waals surface area contributed by atoms with Gasteiger partial charge in [-0.05, 0) is 51.3 Å². The number of amides is 2. The van der Waals surface area contributed by atoms with Gasteiger partial charge in [-0.25, -0.2) is 0 Å². The predicted molar refractivity (Wildman–Crippen MR) is 89.3 cm³/mol. The third kappa shape index (κ3) is 3.33. The molecule has 1 fully saturated rings. The van der Waals surface area contributed by atoms with Crippen LogP contribution in [0.2, 0.25) is 0 Å². The van der Waals surface area contributed by atoms with E-state index in [2.05, 4.69) is 15.6 Å². The fourth-order valence-electron chi connectivity index (χ4n) is 2.94. The summed E-state index contributed by atoms with van der Waals surface area (Å²) >= 11 is 0. The largest absolute Gasteiger partial charge is 0.354 e. The maximum absolute atomic E-state index is 12.6. The van der Waals surface area contributed by atoms with Crippen LogP contribution in [0.1, 0.15) is 40.9 Å². The topological polar surface area (TPSA) is 71.1 Å². The first-order chi connectivity index (χ1) is 11.0. The van der Waals surface area contributed by atoms with E-state index < -0.39 is 6.04 Å². The monoisotopic (exact) mass is 311 g/mol. The van der Waals surface area contributed by atoms with Crippen LogP contribution in [0, 0.1) is 13.8 Å². The van der Waals surface area contributed by atoms with E-state index in [1.807, 2.05) is 38.1 Å². The van der Waals surface area contributed by atoms with Crippen molar-refractivity contribution in [3.8, 4) is 0 Å². The minimum Gasteiger partial charge on any atom is -0.354 e. The molecule has 0 bridgehead atoms. The van der Waals surface area contributed by atoms with Crippen molar-refractivity contribution in [1.29, 1.82) is 0 Å². The number of rotatable bonds is 2. The van der Waals surface area contributed by atoms with Crippen molar-refractivity contribution >= 4 is 22.7 Å². The van der Waals surface area contributed by atoms with E-state index in [1.54, 1.807) is 0 Å². The molecule has 0 saturated carbocycles. The quantitative estimate of drug-likeness (QED) is 0.893. The van der Waals surface area contributed by atoms with Crippen LogP contribution in [0.3, 0.4) is 0 Å². The van der Waals surface area contributed by atoms with Gasteiger partial charge in [0, 0.05) is 11.9 Å². The average Bonchev–Trinajstić information content (AvgIpc) is 2.72. The van der Waals surface area contributed by atoms with Crippen LogP contribution in [0.25, 0.3) is 10.9 Å². The van der Waals surface area contributed by atoms with Gasteiger partial charge in [-0.15, -0.1) is 0 Å². The molecule has 120 valence electrons. The van der Waals surface area contributed by atoms with E-state index >= 15 is 0 Å². The maximum atomic E-state index is 12.6. The Hall–Kier alpha value is -2.43. The fourth-order valence-corrected chi connectivity index (χ4v) is 2.94. The molecule has 1 aromatic heterocycles. The zero-order valence-electron chi connectivity index (χ0n) is 13.5. The van der Waals surface area contributed by atoms with Crippen LogP contribution in [0.4, 0.5) is 0 Å². The van der Waals surface area contributed by atoms with Crippen molar-refractivity contribution in [3.63, 3.8) is 0 Å².